The van der Waals surface area contributed by atoms with Crippen LogP contribution in [0.5, 0.6) is 17.2 Å². The summed E-state index contributed by atoms with van der Waals surface area (Å²) < 4.78 is 16.4. The Morgan fingerprint density at radius 3 is 2.40 bits per heavy atom. The molecule has 0 spiro atoms. The Morgan fingerprint density at radius 2 is 1.60 bits per heavy atom. The molecule has 0 aliphatic carbocycles. The van der Waals surface area contributed by atoms with Crippen molar-refractivity contribution in [2.75, 3.05) is 13.7 Å². The number of benzene rings is 4. The van der Waals surface area contributed by atoms with Gasteiger partial charge in [-0.2, -0.15) is 5.10 Å². The molecule has 4 aromatic carbocycles. The van der Waals surface area contributed by atoms with Crippen molar-refractivity contribution in [3.8, 4) is 17.2 Å². The van der Waals surface area contributed by atoms with Crippen LogP contribution in [0.2, 0.25) is 5.02 Å². The summed E-state index contributed by atoms with van der Waals surface area (Å²) in [5, 5.41) is 6.05. The molecule has 0 radical (unpaired) electrons. The lowest BCUT2D eigenvalue weighted by Gasteiger charge is -2.11. The van der Waals surface area contributed by atoms with Gasteiger partial charge in [-0.1, -0.05) is 66.2 Å². The molecule has 7 nitrogen and oxygen atoms in total. The van der Waals surface area contributed by atoms with Crippen molar-refractivity contribution in [2.45, 2.75) is 0 Å². The highest BCUT2D eigenvalue weighted by Crippen LogP contribution is 2.28. The summed E-state index contributed by atoms with van der Waals surface area (Å²) in [5.41, 5.74) is 3.19. The van der Waals surface area contributed by atoms with E-state index in [1.54, 1.807) is 54.6 Å². The maximum Gasteiger partial charge on any atom is 0.345 e. The van der Waals surface area contributed by atoms with Crippen LogP contribution in [0.4, 0.5) is 0 Å². The predicted molar refractivity (Wildman–Crippen MR) is 135 cm³/mol. The van der Waals surface area contributed by atoms with E-state index in [1.807, 2.05) is 30.3 Å². The van der Waals surface area contributed by atoms with E-state index in [4.69, 9.17) is 25.8 Å². The van der Waals surface area contributed by atoms with E-state index in [0.29, 0.717) is 17.1 Å². The molecule has 0 aliphatic heterocycles. The average molecular weight is 489 g/mol. The van der Waals surface area contributed by atoms with Crippen molar-refractivity contribution in [1.29, 1.82) is 0 Å². The number of esters is 1. The van der Waals surface area contributed by atoms with Crippen LogP contribution in [0.25, 0.3) is 10.8 Å². The van der Waals surface area contributed by atoms with Gasteiger partial charge >= 0.3 is 5.97 Å². The van der Waals surface area contributed by atoms with Crippen molar-refractivity contribution in [2.24, 2.45) is 5.10 Å². The molecular formula is C27H21ClN2O5. The molecule has 4 rings (SSSR count). The summed E-state index contributed by atoms with van der Waals surface area (Å²) in [6.07, 6.45) is 1.43. The lowest BCUT2D eigenvalue weighted by Crippen LogP contribution is -2.24. The second-order valence-electron chi connectivity index (χ2n) is 7.30. The normalized spacial score (nSPS) is 10.8. The van der Waals surface area contributed by atoms with E-state index < -0.39 is 11.9 Å². The third-order valence-electron chi connectivity index (χ3n) is 5.04. The quantitative estimate of drug-likeness (QED) is 0.158. The number of nitrogens with zero attached hydrogens (tertiary/aromatic N) is 1. The minimum absolute atomic E-state index is 0.243. The summed E-state index contributed by atoms with van der Waals surface area (Å²) >= 11 is 6.14. The Labute approximate surface area is 206 Å². The first-order chi connectivity index (χ1) is 17.1. The van der Waals surface area contributed by atoms with Crippen LogP contribution >= 0.6 is 11.6 Å². The van der Waals surface area contributed by atoms with Gasteiger partial charge in [0.25, 0.3) is 5.91 Å². The fraction of sp³-hybridized carbons (Fsp3) is 0.0741. The highest BCUT2D eigenvalue weighted by Gasteiger charge is 2.16. The fourth-order valence-corrected chi connectivity index (χ4v) is 3.57. The molecule has 0 aliphatic rings. The molecule has 176 valence electrons. The number of amides is 1. The van der Waals surface area contributed by atoms with E-state index in [2.05, 4.69) is 10.5 Å². The van der Waals surface area contributed by atoms with Gasteiger partial charge in [-0.25, -0.2) is 10.2 Å². The summed E-state index contributed by atoms with van der Waals surface area (Å²) in [4.78, 5) is 25.0. The Balaban J connectivity index is 1.51. The van der Waals surface area contributed by atoms with Crippen molar-refractivity contribution in [1.82, 2.24) is 5.43 Å². The number of rotatable bonds is 8. The van der Waals surface area contributed by atoms with Gasteiger partial charge in [0.1, 0.15) is 5.75 Å². The van der Waals surface area contributed by atoms with E-state index >= 15 is 0 Å². The maximum atomic E-state index is 12.7. The Kier molecular flexibility index (Phi) is 7.60. The summed E-state index contributed by atoms with van der Waals surface area (Å²) in [7, 11) is 1.52. The van der Waals surface area contributed by atoms with E-state index in [1.165, 1.54) is 13.3 Å². The van der Waals surface area contributed by atoms with Crippen molar-refractivity contribution in [3.05, 3.63) is 101 Å². The van der Waals surface area contributed by atoms with E-state index in [-0.39, 0.29) is 22.9 Å². The first-order valence-electron chi connectivity index (χ1n) is 10.6. The van der Waals surface area contributed by atoms with Gasteiger partial charge in [0.2, 0.25) is 0 Å². The number of hydrogen-bond donors (Lipinski definition) is 1. The van der Waals surface area contributed by atoms with Crippen LogP contribution < -0.4 is 19.6 Å². The van der Waals surface area contributed by atoms with Crippen molar-refractivity contribution < 1.29 is 23.8 Å². The average Bonchev–Trinajstić information content (AvgIpc) is 2.88. The van der Waals surface area contributed by atoms with Gasteiger partial charge in [-0.05, 0) is 41.1 Å². The number of ether oxygens (including phenoxy) is 3. The van der Waals surface area contributed by atoms with Gasteiger partial charge in [-0.15, -0.1) is 0 Å². The Bertz CT molecular complexity index is 1400. The van der Waals surface area contributed by atoms with Crippen LogP contribution in [0, 0.1) is 0 Å². The first kappa shape index (κ1) is 23.8. The number of nitrogens with one attached hydrogen (secondary N) is 1. The van der Waals surface area contributed by atoms with Gasteiger partial charge in [-0.3, -0.25) is 4.79 Å². The predicted octanol–water partition coefficient (Wildman–Crippen LogP) is 5.25. The lowest BCUT2D eigenvalue weighted by molar-refractivity contribution is -0.123. The van der Waals surface area contributed by atoms with Crippen LogP contribution in [0.15, 0.2) is 90.0 Å². The van der Waals surface area contributed by atoms with Crippen LogP contribution in [0.3, 0.4) is 0 Å². The summed E-state index contributed by atoms with van der Waals surface area (Å²) in [6.45, 7) is -0.262. The molecule has 0 saturated carbocycles. The highest BCUT2D eigenvalue weighted by atomic mass is 35.5. The van der Waals surface area contributed by atoms with Gasteiger partial charge in [0, 0.05) is 5.56 Å². The minimum Gasteiger partial charge on any atom is -0.493 e. The number of hydrogen-bond acceptors (Lipinski definition) is 6. The zero-order valence-electron chi connectivity index (χ0n) is 18.7. The van der Waals surface area contributed by atoms with Crippen LogP contribution in [0.1, 0.15) is 15.9 Å². The van der Waals surface area contributed by atoms with Crippen LogP contribution in [-0.2, 0) is 4.79 Å². The van der Waals surface area contributed by atoms with E-state index in [9.17, 15) is 9.59 Å². The zero-order valence-corrected chi connectivity index (χ0v) is 19.5. The fourth-order valence-electron chi connectivity index (χ4n) is 3.36. The molecule has 0 fully saturated rings. The second-order valence-corrected chi connectivity index (χ2v) is 7.71. The largest absolute Gasteiger partial charge is 0.493 e. The van der Waals surface area contributed by atoms with E-state index in [0.717, 1.165) is 10.8 Å². The monoisotopic (exact) mass is 488 g/mol. The van der Waals surface area contributed by atoms with Gasteiger partial charge in [0.05, 0.1) is 23.9 Å². The van der Waals surface area contributed by atoms with Crippen molar-refractivity contribution in [3.63, 3.8) is 0 Å². The molecule has 0 unspecified atom stereocenters. The molecule has 35 heavy (non-hydrogen) atoms. The van der Waals surface area contributed by atoms with Gasteiger partial charge in [0.15, 0.2) is 18.1 Å². The molecule has 0 heterocycles. The molecule has 1 N–H and O–H groups in total. The minimum atomic E-state index is -0.602. The number of carbonyl (C=O) groups is 2. The number of hydrazone groups is 1. The molecule has 0 bridgehead atoms. The Morgan fingerprint density at radius 1 is 0.886 bits per heavy atom. The second kappa shape index (κ2) is 11.2. The molecule has 0 aromatic heterocycles. The summed E-state index contributed by atoms with van der Waals surface area (Å²) in [5.74, 6) is 0.162. The van der Waals surface area contributed by atoms with Crippen LogP contribution in [-0.4, -0.2) is 31.8 Å². The number of carbonyl (C=O) groups excluding carboxylic acids is 2. The first-order valence-corrected chi connectivity index (χ1v) is 11.0. The molecule has 1 amide bonds. The maximum absolute atomic E-state index is 12.7. The molecule has 4 aromatic rings. The topological polar surface area (TPSA) is 86.2 Å². The number of para-hydroxylation sites is 2. The van der Waals surface area contributed by atoms with Crippen molar-refractivity contribution >= 4 is 40.5 Å². The SMILES string of the molecule is COc1ccccc1OCC(=O)N/N=C/c1c(OC(=O)c2ccccc2Cl)ccc2ccccc12. The molecule has 8 heteroatoms. The number of fused-ring (bicyclic) bond motifs is 1. The standard InChI is InChI=1S/C27H21ClN2O5/c1-33-24-12-6-7-13-25(24)34-17-26(31)30-29-16-21-19-9-3-2-8-18(19)14-15-23(21)35-27(32)20-10-4-5-11-22(20)28/h2-16H,17H2,1H3,(H,30,31)/b29-16+. The molecule has 0 atom stereocenters. The smallest absolute Gasteiger partial charge is 0.345 e. The molecule has 0 saturated heterocycles. The third kappa shape index (κ3) is 5.77. The van der Waals surface area contributed by atoms with Gasteiger partial charge < -0.3 is 14.2 Å². The number of halogens is 1. The summed E-state index contributed by atoms with van der Waals surface area (Å²) in [6, 6.07) is 24.7. The molecular weight excluding hydrogens is 468 g/mol. The zero-order chi connectivity index (χ0) is 24.6. The lowest BCUT2D eigenvalue weighted by atomic mass is 10.0. The third-order valence-corrected chi connectivity index (χ3v) is 5.37. The Hall–Kier alpha value is -4.36. The highest BCUT2D eigenvalue weighted by molar-refractivity contribution is 6.33. The number of methoxy groups -OCH3 is 1.